The molecular weight excluding hydrogens is 299 g/mol. The predicted molar refractivity (Wildman–Crippen MR) is 65.6 cm³/mol. The lowest BCUT2D eigenvalue weighted by Crippen LogP contribution is -2.15. The fourth-order valence-corrected chi connectivity index (χ4v) is 2.06. The molecule has 16 heavy (non-hydrogen) atoms. The van der Waals surface area contributed by atoms with E-state index in [2.05, 4.69) is 15.9 Å². The molecule has 1 atom stereocenters. The van der Waals surface area contributed by atoms with Crippen molar-refractivity contribution in [3.8, 4) is 0 Å². The van der Waals surface area contributed by atoms with Gasteiger partial charge < -0.3 is 5.73 Å². The highest BCUT2D eigenvalue weighted by atomic mass is 79.9. The Balaban J connectivity index is 0.00000128. The summed E-state index contributed by atoms with van der Waals surface area (Å²) in [5, 5.41) is 0. The molecule has 1 aliphatic carbocycles. The lowest BCUT2D eigenvalue weighted by atomic mass is 10.0. The maximum atomic E-state index is 13.6. The van der Waals surface area contributed by atoms with Crippen molar-refractivity contribution in [1.82, 2.24) is 0 Å². The zero-order valence-electron chi connectivity index (χ0n) is 8.55. The molecule has 0 spiro atoms. The van der Waals surface area contributed by atoms with E-state index in [0.717, 1.165) is 12.8 Å². The molecule has 0 saturated heterocycles. The van der Waals surface area contributed by atoms with Crippen molar-refractivity contribution in [3.63, 3.8) is 0 Å². The van der Waals surface area contributed by atoms with Gasteiger partial charge in [0.25, 0.3) is 0 Å². The minimum atomic E-state index is -0.567. The normalized spacial score (nSPS) is 16.8. The molecule has 1 saturated carbocycles. The van der Waals surface area contributed by atoms with Crippen LogP contribution in [-0.2, 0) is 0 Å². The van der Waals surface area contributed by atoms with E-state index in [1.165, 1.54) is 12.1 Å². The van der Waals surface area contributed by atoms with Gasteiger partial charge in [0.15, 0.2) is 0 Å². The molecule has 2 rings (SSSR count). The zero-order chi connectivity index (χ0) is 11.0. The number of nitrogens with two attached hydrogens (primary N) is 1. The first-order valence-electron chi connectivity index (χ1n) is 4.98. The first kappa shape index (κ1) is 13.9. The highest BCUT2D eigenvalue weighted by Crippen LogP contribution is 2.38. The fourth-order valence-electron chi connectivity index (χ4n) is 1.71. The molecule has 0 aromatic heterocycles. The van der Waals surface area contributed by atoms with Crippen molar-refractivity contribution in [2.45, 2.75) is 25.3 Å². The molecule has 0 amide bonds. The molecule has 0 bridgehead atoms. The minimum Gasteiger partial charge on any atom is -0.324 e. The van der Waals surface area contributed by atoms with Gasteiger partial charge in [-0.05, 0) is 40.4 Å². The third kappa shape index (κ3) is 2.93. The Morgan fingerprint density at radius 2 is 2.00 bits per heavy atom. The summed E-state index contributed by atoms with van der Waals surface area (Å²) in [6, 6.07) is 2.07. The Morgan fingerprint density at radius 3 is 2.56 bits per heavy atom. The summed E-state index contributed by atoms with van der Waals surface area (Å²) in [5.74, 6) is -0.565. The largest absolute Gasteiger partial charge is 0.324 e. The van der Waals surface area contributed by atoms with E-state index >= 15 is 0 Å². The van der Waals surface area contributed by atoms with Crippen LogP contribution in [0, 0.1) is 17.6 Å². The molecule has 1 nitrogen and oxygen atoms in total. The Morgan fingerprint density at radius 1 is 1.38 bits per heavy atom. The van der Waals surface area contributed by atoms with Gasteiger partial charge in [-0.1, -0.05) is 12.8 Å². The lowest BCUT2D eigenvalue weighted by Gasteiger charge is -2.14. The third-order valence-corrected chi connectivity index (χ3v) is 3.35. The van der Waals surface area contributed by atoms with E-state index in [0.29, 0.717) is 12.3 Å². The molecule has 1 aliphatic rings. The molecule has 5 heteroatoms. The molecule has 0 radical (unpaired) electrons. The van der Waals surface area contributed by atoms with Crippen LogP contribution >= 0.6 is 28.3 Å². The summed E-state index contributed by atoms with van der Waals surface area (Å²) in [5.41, 5.74) is 5.82. The highest BCUT2D eigenvalue weighted by molar-refractivity contribution is 9.10. The molecule has 2 N–H and O–H groups in total. The van der Waals surface area contributed by atoms with E-state index in [1.807, 2.05) is 0 Å². The Labute approximate surface area is 108 Å². The topological polar surface area (TPSA) is 26.0 Å². The maximum absolute atomic E-state index is 13.6. The van der Waals surface area contributed by atoms with Crippen molar-refractivity contribution in [1.29, 1.82) is 0 Å². The fraction of sp³-hybridized carbons (Fsp3) is 0.455. The SMILES string of the molecule is Cl.N[C@@H](CC1CC1)c1c(F)ccc(Br)c1F. The minimum absolute atomic E-state index is 0. The van der Waals surface area contributed by atoms with E-state index in [-0.39, 0.29) is 22.4 Å². The van der Waals surface area contributed by atoms with Crippen molar-refractivity contribution >= 4 is 28.3 Å². The van der Waals surface area contributed by atoms with Crippen LogP contribution in [0.2, 0.25) is 0 Å². The average molecular weight is 313 g/mol. The van der Waals surface area contributed by atoms with Crippen LogP contribution in [0.4, 0.5) is 8.78 Å². The maximum Gasteiger partial charge on any atom is 0.145 e. The quantitative estimate of drug-likeness (QED) is 0.840. The number of hydrogen-bond acceptors (Lipinski definition) is 1. The number of rotatable bonds is 3. The second-order valence-electron chi connectivity index (χ2n) is 4.04. The first-order chi connectivity index (χ1) is 7.09. The van der Waals surface area contributed by atoms with Crippen LogP contribution in [-0.4, -0.2) is 0 Å². The lowest BCUT2D eigenvalue weighted by molar-refractivity contribution is 0.496. The van der Waals surface area contributed by atoms with Crippen LogP contribution in [0.15, 0.2) is 16.6 Å². The van der Waals surface area contributed by atoms with Crippen molar-refractivity contribution < 1.29 is 8.78 Å². The van der Waals surface area contributed by atoms with Gasteiger partial charge in [-0.15, -0.1) is 12.4 Å². The summed E-state index contributed by atoms with van der Waals surface area (Å²) >= 11 is 3.03. The van der Waals surface area contributed by atoms with Crippen molar-refractivity contribution in [3.05, 3.63) is 33.8 Å². The molecule has 0 heterocycles. The summed E-state index contributed by atoms with van der Waals surface area (Å²) in [6.07, 6.45) is 2.93. The molecule has 90 valence electrons. The van der Waals surface area contributed by atoms with E-state index < -0.39 is 17.7 Å². The van der Waals surface area contributed by atoms with Gasteiger partial charge in [-0.25, -0.2) is 8.78 Å². The predicted octanol–water partition coefficient (Wildman–Crippen LogP) is 3.95. The molecule has 0 unspecified atom stereocenters. The highest BCUT2D eigenvalue weighted by Gasteiger charge is 2.27. The van der Waals surface area contributed by atoms with Crippen molar-refractivity contribution in [2.75, 3.05) is 0 Å². The van der Waals surface area contributed by atoms with Crippen LogP contribution in [0.1, 0.15) is 30.9 Å². The van der Waals surface area contributed by atoms with Crippen molar-refractivity contribution in [2.24, 2.45) is 11.7 Å². The Bertz CT molecular complexity index is 382. The summed E-state index contributed by atoms with van der Waals surface area (Å²) in [7, 11) is 0. The van der Waals surface area contributed by atoms with Gasteiger partial charge in [0.1, 0.15) is 11.6 Å². The number of halogens is 4. The zero-order valence-corrected chi connectivity index (χ0v) is 11.0. The second kappa shape index (κ2) is 5.43. The van der Waals surface area contributed by atoms with Gasteiger partial charge in [0, 0.05) is 11.6 Å². The van der Waals surface area contributed by atoms with Gasteiger partial charge in [-0.2, -0.15) is 0 Å². The van der Waals surface area contributed by atoms with Crippen LogP contribution < -0.4 is 5.73 Å². The van der Waals surface area contributed by atoms with Gasteiger partial charge in [-0.3, -0.25) is 0 Å². The van der Waals surface area contributed by atoms with Crippen LogP contribution in [0.3, 0.4) is 0 Å². The molecule has 0 aliphatic heterocycles. The third-order valence-electron chi connectivity index (χ3n) is 2.73. The van der Waals surface area contributed by atoms with Crippen LogP contribution in [0.25, 0.3) is 0 Å². The van der Waals surface area contributed by atoms with Gasteiger partial charge in [0.2, 0.25) is 0 Å². The summed E-state index contributed by atoms with van der Waals surface area (Å²) in [4.78, 5) is 0. The van der Waals surface area contributed by atoms with E-state index in [1.54, 1.807) is 0 Å². The monoisotopic (exact) mass is 311 g/mol. The summed E-state index contributed by atoms with van der Waals surface area (Å²) < 4.78 is 27.3. The Hall–Kier alpha value is -0.190. The molecular formula is C11H13BrClF2N. The van der Waals surface area contributed by atoms with Gasteiger partial charge >= 0.3 is 0 Å². The number of benzene rings is 1. The van der Waals surface area contributed by atoms with Gasteiger partial charge in [0.05, 0.1) is 4.47 Å². The Kier molecular flexibility index (Phi) is 4.71. The standard InChI is InChI=1S/C11H12BrF2N.ClH/c12-7-3-4-8(13)10(11(7)14)9(15)5-6-1-2-6;/h3-4,6,9H,1-2,5,15H2;1H/t9-;/m0./s1. The molecule has 1 aromatic carbocycles. The average Bonchev–Trinajstić information content (AvgIpc) is 2.96. The number of hydrogen-bond donors (Lipinski definition) is 1. The van der Waals surface area contributed by atoms with E-state index in [9.17, 15) is 8.78 Å². The summed E-state index contributed by atoms with van der Waals surface area (Å²) in [6.45, 7) is 0. The second-order valence-corrected chi connectivity index (χ2v) is 4.90. The van der Waals surface area contributed by atoms with Crippen LogP contribution in [0.5, 0.6) is 0 Å². The molecule has 1 fully saturated rings. The first-order valence-corrected chi connectivity index (χ1v) is 5.78. The van der Waals surface area contributed by atoms with E-state index in [4.69, 9.17) is 5.73 Å². The molecule has 1 aromatic rings. The smallest absolute Gasteiger partial charge is 0.145 e.